The predicted molar refractivity (Wildman–Crippen MR) is 131 cm³/mol. The number of likely N-dealkylation sites (tertiary alicyclic amines) is 1. The molecule has 2 atom stereocenters. The fourth-order valence-corrected chi connectivity index (χ4v) is 5.34. The molecule has 35 heavy (non-hydrogen) atoms. The highest BCUT2D eigenvalue weighted by molar-refractivity contribution is 7.08. The Balaban J connectivity index is 1.50. The summed E-state index contributed by atoms with van der Waals surface area (Å²) < 4.78 is 4.77. The topological polar surface area (TPSA) is 96.5 Å². The molecule has 1 fully saturated rings. The van der Waals surface area contributed by atoms with Crippen molar-refractivity contribution in [1.82, 2.24) is 9.88 Å². The van der Waals surface area contributed by atoms with Crippen molar-refractivity contribution in [3.63, 3.8) is 0 Å². The van der Waals surface area contributed by atoms with Crippen LogP contribution in [0.15, 0.2) is 71.6 Å². The van der Waals surface area contributed by atoms with Crippen LogP contribution in [-0.4, -0.2) is 47.0 Å². The third-order valence-electron chi connectivity index (χ3n) is 6.46. The van der Waals surface area contributed by atoms with E-state index >= 15 is 0 Å². The van der Waals surface area contributed by atoms with Gasteiger partial charge in [-0.2, -0.15) is 11.3 Å². The number of thiophene rings is 1. The Hall–Kier alpha value is -4.04. The minimum atomic E-state index is -1.15. The number of para-hydroxylation sites is 1. The second kappa shape index (κ2) is 9.31. The van der Waals surface area contributed by atoms with Gasteiger partial charge in [-0.15, -0.1) is 0 Å². The molecule has 1 amide bonds. The molecule has 0 bridgehead atoms. The molecule has 2 aromatic heterocycles. The number of esters is 1. The number of carbonyl (C=O) groups is 4. The average Bonchev–Trinajstić information content (AvgIpc) is 3.62. The van der Waals surface area contributed by atoms with Gasteiger partial charge in [0.1, 0.15) is 5.92 Å². The normalized spacial score (nSPS) is 17.8. The van der Waals surface area contributed by atoms with E-state index in [-0.39, 0.29) is 12.3 Å². The highest BCUT2D eigenvalue weighted by Gasteiger charge is 2.51. The molecule has 0 saturated carbocycles. The molecule has 176 valence electrons. The van der Waals surface area contributed by atoms with Crippen LogP contribution in [0, 0.1) is 5.92 Å². The molecule has 1 aliphatic rings. The van der Waals surface area contributed by atoms with Crippen LogP contribution in [-0.2, 0) is 20.7 Å². The lowest BCUT2D eigenvalue weighted by molar-refractivity contribution is -0.140. The number of fused-ring (bicyclic) bond motifs is 1. The summed E-state index contributed by atoms with van der Waals surface area (Å²) in [4.78, 5) is 56.3. The number of ether oxygens (including phenoxy) is 1. The molecule has 1 saturated heterocycles. The van der Waals surface area contributed by atoms with Gasteiger partial charge in [0, 0.05) is 34.6 Å². The van der Waals surface area contributed by atoms with Gasteiger partial charge in [-0.05, 0) is 47.2 Å². The monoisotopic (exact) mass is 486 g/mol. The third kappa shape index (κ3) is 4.06. The number of carbonyl (C=O) groups excluding carboxylic acids is 4. The van der Waals surface area contributed by atoms with Crippen molar-refractivity contribution in [3.05, 3.63) is 93.8 Å². The number of nitrogens with one attached hydrogen (secondary N) is 1. The molecule has 3 heterocycles. The summed E-state index contributed by atoms with van der Waals surface area (Å²) >= 11 is 1.36. The second-order valence-electron chi connectivity index (χ2n) is 8.38. The fraction of sp³-hybridized carbons (Fsp3) is 0.185. The van der Waals surface area contributed by atoms with Gasteiger partial charge in [0.05, 0.1) is 18.7 Å². The Labute approximate surface area is 205 Å². The number of methoxy groups -OCH3 is 1. The fourth-order valence-electron chi connectivity index (χ4n) is 4.70. The lowest BCUT2D eigenvalue weighted by atomic mass is 9.86. The first kappa shape index (κ1) is 22.7. The van der Waals surface area contributed by atoms with Gasteiger partial charge in [0.2, 0.25) is 5.78 Å². The Kier molecular flexibility index (Phi) is 6.05. The largest absolute Gasteiger partial charge is 0.465 e. The first-order valence-corrected chi connectivity index (χ1v) is 12.1. The Morgan fingerprint density at radius 2 is 1.80 bits per heavy atom. The zero-order valence-electron chi connectivity index (χ0n) is 18.9. The van der Waals surface area contributed by atoms with E-state index in [1.807, 2.05) is 30.5 Å². The highest BCUT2D eigenvalue weighted by atomic mass is 32.1. The zero-order chi connectivity index (χ0) is 24.5. The van der Waals surface area contributed by atoms with E-state index in [9.17, 15) is 19.2 Å². The van der Waals surface area contributed by atoms with Crippen molar-refractivity contribution in [2.24, 2.45) is 5.92 Å². The molecule has 0 aliphatic carbocycles. The van der Waals surface area contributed by atoms with Gasteiger partial charge in [0.25, 0.3) is 5.91 Å². The maximum Gasteiger partial charge on any atom is 0.337 e. The summed E-state index contributed by atoms with van der Waals surface area (Å²) in [5.41, 5.74) is 3.39. The third-order valence-corrected chi connectivity index (χ3v) is 7.15. The zero-order valence-corrected chi connectivity index (χ0v) is 19.7. The van der Waals surface area contributed by atoms with Crippen LogP contribution in [0.3, 0.4) is 0 Å². The van der Waals surface area contributed by atoms with E-state index < -0.39 is 29.6 Å². The number of ketones is 2. The van der Waals surface area contributed by atoms with Crippen LogP contribution in [0.1, 0.15) is 37.9 Å². The van der Waals surface area contributed by atoms with Gasteiger partial charge < -0.3 is 14.6 Å². The van der Waals surface area contributed by atoms with Crippen molar-refractivity contribution in [1.29, 1.82) is 0 Å². The summed E-state index contributed by atoms with van der Waals surface area (Å²) in [6.45, 7) is 0.267. The lowest BCUT2D eigenvalue weighted by Gasteiger charge is -2.27. The number of amides is 1. The van der Waals surface area contributed by atoms with E-state index in [0.29, 0.717) is 23.1 Å². The molecule has 0 spiro atoms. The Morgan fingerprint density at radius 1 is 1.03 bits per heavy atom. The number of hydrogen-bond acceptors (Lipinski definition) is 6. The van der Waals surface area contributed by atoms with Crippen LogP contribution < -0.4 is 0 Å². The molecule has 7 nitrogen and oxygen atoms in total. The van der Waals surface area contributed by atoms with Crippen LogP contribution in [0.2, 0.25) is 0 Å². The molecule has 8 heteroatoms. The summed E-state index contributed by atoms with van der Waals surface area (Å²) in [7, 11) is 1.30. The van der Waals surface area contributed by atoms with E-state index in [1.54, 1.807) is 41.1 Å². The molecule has 4 aromatic rings. The molecule has 2 aromatic carbocycles. The van der Waals surface area contributed by atoms with E-state index in [1.165, 1.54) is 23.3 Å². The summed E-state index contributed by atoms with van der Waals surface area (Å²) in [5, 5.41) is 4.51. The lowest BCUT2D eigenvalue weighted by Crippen LogP contribution is -2.32. The minimum Gasteiger partial charge on any atom is -0.465 e. The number of benzene rings is 2. The first-order chi connectivity index (χ1) is 17.0. The van der Waals surface area contributed by atoms with E-state index in [2.05, 4.69) is 4.98 Å². The predicted octanol–water partition coefficient (Wildman–Crippen LogP) is 4.21. The maximum atomic E-state index is 13.4. The van der Waals surface area contributed by atoms with E-state index in [0.717, 1.165) is 16.5 Å². The van der Waals surface area contributed by atoms with Gasteiger partial charge in [-0.1, -0.05) is 30.3 Å². The number of aromatic amines is 1. The summed E-state index contributed by atoms with van der Waals surface area (Å²) in [6, 6.07) is 15.3. The summed E-state index contributed by atoms with van der Waals surface area (Å²) in [5.74, 6) is -3.38. The Morgan fingerprint density at radius 3 is 2.51 bits per heavy atom. The van der Waals surface area contributed by atoms with Gasteiger partial charge >= 0.3 is 5.97 Å². The Bertz CT molecular complexity index is 1420. The minimum absolute atomic E-state index is 0.267. The van der Waals surface area contributed by atoms with Crippen LogP contribution in [0.25, 0.3) is 10.9 Å². The van der Waals surface area contributed by atoms with Crippen molar-refractivity contribution in [2.75, 3.05) is 13.7 Å². The highest BCUT2D eigenvalue weighted by Crippen LogP contribution is 2.39. The van der Waals surface area contributed by atoms with Crippen LogP contribution >= 0.6 is 11.3 Å². The maximum absolute atomic E-state index is 13.4. The van der Waals surface area contributed by atoms with Gasteiger partial charge in [-0.25, -0.2) is 4.79 Å². The molecule has 5 rings (SSSR count). The quantitative estimate of drug-likeness (QED) is 0.183. The van der Waals surface area contributed by atoms with Crippen molar-refractivity contribution < 1.29 is 23.9 Å². The standard InChI is InChI=1S/C27H22N2O5S/c1-34-27(33)17-8-6-16(7-9-17)23-22(24(30)19-11-13-35-15-19)25(31)26(32)29(23)12-10-18-14-28-21-5-3-2-4-20(18)21/h2-9,11,13-15,22-23,28H,10,12H2,1H3. The molecule has 2 unspecified atom stereocenters. The SMILES string of the molecule is COC(=O)c1ccc(C2C(C(=O)c3ccsc3)C(=O)C(=O)N2CCc2c[nH]c3ccccc23)cc1. The van der Waals surface area contributed by atoms with Crippen LogP contribution in [0.4, 0.5) is 0 Å². The molecule has 1 aliphatic heterocycles. The number of hydrogen-bond donors (Lipinski definition) is 1. The molecular formula is C27H22N2O5S. The van der Waals surface area contributed by atoms with Crippen LogP contribution in [0.5, 0.6) is 0 Å². The van der Waals surface area contributed by atoms with Gasteiger partial charge in [-0.3, -0.25) is 14.4 Å². The van der Waals surface area contributed by atoms with E-state index in [4.69, 9.17) is 4.74 Å². The van der Waals surface area contributed by atoms with Crippen molar-refractivity contribution >= 4 is 45.7 Å². The first-order valence-electron chi connectivity index (χ1n) is 11.1. The summed E-state index contributed by atoms with van der Waals surface area (Å²) in [6.07, 6.45) is 2.42. The number of H-pyrrole nitrogens is 1. The average molecular weight is 487 g/mol. The number of rotatable bonds is 7. The second-order valence-corrected chi connectivity index (χ2v) is 9.16. The van der Waals surface area contributed by atoms with Gasteiger partial charge in [0.15, 0.2) is 5.78 Å². The molecular weight excluding hydrogens is 464 g/mol. The number of aromatic nitrogens is 1. The molecule has 1 N–H and O–H groups in total. The van der Waals surface area contributed by atoms with Crippen molar-refractivity contribution in [2.45, 2.75) is 12.5 Å². The molecule has 0 radical (unpaired) electrons. The number of nitrogens with zero attached hydrogens (tertiary/aromatic N) is 1. The smallest absolute Gasteiger partial charge is 0.337 e. The van der Waals surface area contributed by atoms with Crippen molar-refractivity contribution in [3.8, 4) is 0 Å². The number of Topliss-reactive ketones (excluding diaryl/α,β-unsaturated/α-hetero) is 2.